The summed E-state index contributed by atoms with van der Waals surface area (Å²) in [6, 6.07) is 17.4. The van der Waals surface area contributed by atoms with E-state index in [1.54, 1.807) is 74.5 Å². The number of hydrogen-bond donors (Lipinski definition) is 1. The summed E-state index contributed by atoms with van der Waals surface area (Å²) in [6.07, 6.45) is -5.27. The number of cyclic esters (lactones) is 1. The zero-order chi connectivity index (χ0) is 30.5. The lowest BCUT2D eigenvalue weighted by molar-refractivity contribution is -0.192. The number of carbonyl (C=O) groups excluding carboxylic acids is 5. The number of hydrazine groups is 1. The molecule has 2 aliphatic rings. The number of hydrogen-bond acceptors (Lipinski definition) is 11. The number of nitrogens with zero attached hydrogens (tertiary/aromatic N) is 1. The van der Waals surface area contributed by atoms with Crippen LogP contribution in [0.3, 0.4) is 0 Å². The monoisotopic (exact) mass is 584 g/mol. The van der Waals surface area contributed by atoms with Crippen molar-refractivity contribution >= 4 is 29.9 Å². The van der Waals surface area contributed by atoms with Gasteiger partial charge in [0, 0.05) is 0 Å². The smallest absolute Gasteiger partial charge is 0.430 e. The van der Waals surface area contributed by atoms with Crippen molar-refractivity contribution in [2.75, 3.05) is 6.61 Å². The number of Topliss-reactive ketones (excluding diaryl/α,β-unsaturated/α-hetero) is 1. The number of ketones is 1. The highest BCUT2D eigenvalue weighted by atomic mass is 16.8. The van der Waals surface area contributed by atoms with Crippen molar-refractivity contribution in [1.29, 1.82) is 0 Å². The SMILES string of the molecule is CC(=O)[C@@](C)(C(=O)OC[C@H]1OC(=O)[C@@H]2OC(C)(C)O[C@H]12)N(NC(=O)OCc1ccccc1)C(=O)OCc1ccccc1. The van der Waals surface area contributed by atoms with Crippen LogP contribution in [0.5, 0.6) is 0 Å². The zero-order valence-corrected chi connectivity index (χ0v) is 23.6. The number of rotatable bonds is 9. The van der Waals surface area contributed by atoms with Gasteiger partial charge >= 0.3 is 24.1 Å². The van der Waals surface area contributed by atoms with Gasteiger partial charge in [-0.05, 0) is 38.8 Å². The highest BCUT2D eigenvalue weighted by Crippen LogP contribution is 2.36. The van der Waals surface area contributed by atoms with Crippen LogP contribution in [0, 0.1) is 0 Å². The first kappa shape index (κ1) is 30.5. The van der Waals surface area contributed by atoms with Crippen LogP contribution in [0.25, 0.3) is 0 Å². The van der Waals surface area contributed by atoms with Crippen LogP contribution >= 0.6 is 0 Å². The molecular formula is C29H32N2O11. The van der Waals surface area contributed by atoms with Crippen LogP contribution in [0.4, 0.5) is 9.59 Å². The summed E-state index contributed by atoms with van der Waals surface area (Å²) in [5.41, 5.74) is 1.02. The normalized spacial score (nSPS) is 21.7. The van der Waals surface area contributed by atoms with E-state index in [2.05, 4.69) is 5.43 Å². The summed E-state index contributed by atoms with van der Waals surface area (Å²) in [5.74, 6) is -3.84. The van der Waals surface area contributed by atoms with E-state index in [0.717, 1.165) is 13.8 Å². The first-order chi connectivity index (χ1) is 19.9. The lowest BCUT2D eigenvalue weighted by Gasteiger charge is -2.35. The quantitative estimate of drug-likeness (QED) is 0.200. The minimum Gasteiger partial charge on any atom is -0.459 e. The molecule has 2 fully saturated rings. The molecule has 2 aromatic rings. The Morgan fingerprint density at radius 3 is 2.05 bits per heavy atom. The third-order valence-corrected chi connectivity index (χ3v) is 6.71. The molecule has 0 saturated carbocycles. The average molecular weight is 585 g/mol. The average Bonchev–Trinajstić information content (AvgIpc) is 3.44. The van der Waals surface area contributed by atoms with Crippen LogP contribution in [-0.2, 0) is 56.0 Å². The van der Waals surface area contributed by atoms with Crippen LogP contribution in [0.15, 0.2) is 60.7 Å². The van der Waals surface area contributed by atoms with Crippen molar-refractivity contribution in [2.45, 2.75) is 70.5 Å². The molecule has 224 valence electrons. The van der Waals surface area contributed by atoms with Crippen molar-refractivity contribution in [3.8, 4) is 0 Å². The van der Waals surface area contributed by atoms with E-state index in [4.69, 9.17) is 28.4 Å². The Kier molecular flexibility index (Phi) is 9.12. The second kappa shape index (κ2) is 12.6. The molecule has 0 spiro atoms. The fourth-order valence-electron chi connectivity index (χ4n) is 4.32. The molecule has 0 aliphatic carbocycles. The first-order valence-corrected chi connectivity index (χ1v) is 13.1. The Morgan fingerprint density at radius 1 is 0.905 bits per heavy atom. The molecule has 2 aliphatic heterocycles. The molecule has 0 aromatic heterocycles. The lowest BCUT2D eigenvalue weighted by Crippen LogP contribution is -2.66. The summed E-state index contributed by atoms with van der Waals surface area (Å²) in [7, 11) is 0. The zero-order valence-electron chi connectivity index (χ0n) is 23.6. The molecular weight excluding hydrogens is 552 g/mol. The molecule has 2 aromatic carbocycles. The van der Waals surface area contributed by atoms with Crippen LogP contribution in [0.2, 0.25) is 0 Å². The predicted octanol–water partition coefficient (Wildman–Crippen LogP) is 2.80. The first-order valence-electron chi connectivity index (χ1n) is 13.1. The van der Waals surface area contributed by atoms with E-state index in [-0.39, 0.29) is 13.2 Å². The maximum atomic E-state index is 13.4. The van der Waals surface area contributed by atoms with Gasteiger partial charge in [0.1, 0.15) is 25.9 Å². The molecule has 13 heteroatoms. The van der Waals surface area contributed by atoms with Gasteiger partial charge in [0.25, 0.3) is 0 Å². The predicted molar refractivity (Wildman–Crippen MR) is 142 cm³/mol. The Morgan fingerprint density at radius 2 is 1.48 bits per heavy atom. The number of esters is 2. The largest absolute Gasteiger partial charge is 0.459 e. The number of ether oxygens (including phenoxy) is 6. The second-order valence-electron chi connectivity index (χ2n) is 10.3. The van der Waals surface area contributed by atoms with E-state index in [1.165, 1.54) is 0 Å². The fraction of sp³-hybridized carbons (Fsp3) is 0.414. The number of amides is 2. The third kappa shape index (κ3) is 6.86. The van der Waals surface area contributed by atoms with Crippen molar-refractivity contribution in [3.05, 3.63) is 71.8 Å². The third-order valence-electron chi connectivity index (χ3n) is 6.71. The number of nitrogens with one attached hydrogen (secondary N) is 1. The molecule has 42 heavy (non-hydrogen) atoms. The Hall–Kier alpha value is -4.49. The maximum absolute atomic E-state index is 13.4. The van der Waals surface area contributed by atoms with Gasteiger partial charge in [-0.15, -0.1) is 0 Å². The van der Waals surface area contributed by atoms with Crippen LogP contribution in [0.1, 0.15) is 38.8 Å². The molecule has 0 unspecified atom stereocenters. The summed E-state index contributed by atoms with van der Waals surface area (Å²) in [5, 5.41) is 0.426. The molecule has 1 N–H and O–H groups in total. The number of carbonyl (C=O) groups is 5. The highest BCUT2D eigenvalue weighted by molar-refractivity contribution is 6.09. The second-order valence-corrected chi connectivity index (χ2v) is 10.3. The minimum atomic E-state index is -2.41. The summed E-state index contributed by atoms with van der Waals surface area (Å²) in [6.45, 7) is 4.47. The summed E-state index contributed by atoms with van der Waals surface area (Å²) in [4.78, 5) is 64.6. The molecule has 2 saturated heterocycles. The molecule has 2 heterocycles. The Bertz CT molecular complexity index is 1320. The molecule has 4 rings (SSSR count). The Labute approximate surface area is 241 Å². The fourth-order valence-corrected chi connectivity index (χ4v) is 4.32. The van der Waals surface area contributed by atoms with Crippen LogP contribution in [-0.4, -0.2) is 71.2 Å². The summed E-state index contributed by atoms with van der Waals surface area (Å²) >= 11 is 0. The van der Waals surface area contributed by atoms with Gasteiger partial charge in [0.05, 0.1) is 0 Å². The van der Waals surface area contributed by atoms with E-state index < -0.39 is 66.2 Å². The van der Waals surface area contributed by atoms with Crippen molar-refractivity contribution < 1.29 is 52.4 Å². The van der Waals surface area contributed by atoms with Gasteiger partial charge in [0.2, 0.25) is 5.54 Å². The van der Waals surface area contributed by atoms with Gasteiger partial charge in [0.15, 0.2) is 23.8 Å². The van der Waals surface area contributed by atoms with Gasteiger partial charge in [-0.1, -0.05) is 60.7 Å². The molecule has 13 nitrogen and oxygen atoms in total. The van der Waals surface area contributed by atoms with Gasteiger partial charge in [-0.3, -0.25) is 4.79 Å². The molecule has 0 bridgehead atoms. The van der Waals surface area contributed by atoms with E-state index in [1.807, 2.05) is 0 Å². The molecule has 0 radical (unpaired) electrons. The number of fused-ring (bicyclic) bond motifs is 1. The van der Waals surface area contributed by atoms with Crippen molar-refractivity contribution in [3.63, 3.8) is 0 Å². The minimum absolute atomic E-state index is 0.158. The topological polar surface area (TPSA) is 156 Å². The van der Waals surface area contributed by atoms with Crippen molar-refractivity contribution in [1.82, 2.24) is 10.4 Å². The molecule has 2 amide bonds. The van der Waals surface area contributed by atoms with Crippen LogP contribution < -0.4 is 5.43 Å². The van der Waals surface area contributed by atoms with Gasteiger partial charge in [-0.25, -0.2) is 24.6 Å². The summed E-state index contributed by atoms with van der Waals surface area (Å²) < 4.78 is 32.4. The van der Waals surface area contributed by atoms with Gasteiger partial charge in [-0.2, -0.15) is 5.01 Å². The van der Waals surface area contributed by atoms with E-state index in [9.17, 15) is 24.0 Å². The number of benzene rings is 2. The highest BCUT2D eigenvalue weighted by Gasteiger charge is 2.57. The molecule has 4 atom stereocenters. The van der Waals surface area contributed by atoms with E-state index >= 15 is 0 Å². The van der Waals surface area contributed by atoms with Gasteiger partial charge < -0.3 is 28.4 Å². The van der Waals surface area contributed by atoms with Crippen molar-refractivity contribution in [2.24, 2.45) is 0 Å². The maximum Gasteiger partial charge on any atom is 0.430 e. The lowest BCUT2D eigenvalue weighted by atomic mass is 9.97. The standard InChI is InChI=1S/C29H32N2O11/c1-18(32)29(4,25(34)37-17-21-22-23(24(33)40-21)42-28(2,3)41-22)31(27(36)39-16-20-13-9-6-10-14-20)30-26(35)38-15-19-11-7-5-8-12-19/h5-14,21-23H,15-17H2,1-4H3,(H,30,35)/t21-,22-,23-,29+/m1/s1. The Balaban J connectivity index is 1.50. The van der Waals surface area contributed by atoms with E-state index in [0.29, 0.717) is 16.1 Å².